The molecule has 0 spiro atoms. The van der Waals surface area contributed by atoms with Crippen molar-refractivity contribution in [1.29, 1.82) is 0 Å². The zero-order valence-electron chi connectivity index (χ0n) is 15.9. The molecule has 2 nitrogen and oxygen atoms in total. The smallest absolute Gasteiger partial charge is 0.119 e. The van der Waals surface area contributed by atoms with Gasteiger partial charge in [-0.15, -0.1) is 0 Å². The minimum atomic E-state index is 0.194. The summed E-state index contributed by atoms with van der Waals surface area (Å²) in [5, 5.41) is 9.45. The Labute approximate surface area is 152 Å². The van der Waals surface area contributed by atoms with Gasteiger partial charge in [-0.3, -0.25) is 0 Å². The number of benzene rings is 2. The van der Waals surface area contributed by atoms with E-state index in [1.54, 1.807) is 12.1 Å². The molecule has 0 radical (unpaired) electrons. The quantitative estimate of drug-likeness (QED) is 0.517. The van der Waals surface area contributed by atoms with Crippen LogP contribution < -0.4 is 4.74 Å². The van der Waals surface area contributed by atoms with E-state index in [2.05, 4.69) is 45.0 Å². The number of aryl methyl sites for hydroxylation is 1. The second-order valence-electron chi connectivity index (χ2n) is 6.88. The number of rotatable bonds is 10. The first-order valence-corrected chi connectivity index (χ1v) is 9.64. The Morgan fingerprint density at radius 2 is 1.52 bits per heavy atom. The molecule has 2 rings (SSSR count). The van der Waals surface area contributed by atoms with Crippen LogP contribution in [0.3, 0.4) is 0 Å². The SMILES string of the molecule is CCCCOc1ccc(C(CC)(CC)CCc2ccc(O)cc2)cc1. The summed E-state index contributed by atoms with van der Waals surface area (Å²) in [4.78, 5) is 0. The van der Waals surface area contributed by atoms with Crippen LogP contribution >= 0.6 is 0 Å². The molecule has 1 N–H and O–H groups in total. The molecule has 0 saturated carbocycles. The van der Waals surface area contributed by atoms with E-state index in [1.165, 1.54) is 11.1 Å². The number of ether oxygens (including phenoxy) is 1. The van der Waals surface area contributed by atoms with Crippen LogP contribution in [-0.4, -0.2) is 11.7 Å². The van der Waals surface area contributed by atoms with Gasteiger partial charge in [0.15, 0.2) is 0 Å². The Kier molecular flexibility index (Phi) is 7.36. The van der Waals surface area contributed by atoms with Crippen molar-refractivity contribution in [2.75, 3.05) is 6.61 Å². The van der Waals surface area contributed by atoms with Crippen LogP contribution in [0.5, 0.6) is 11.5 Å². The topological polar surface area (TPSA) is 29.5 Å². The Balaban J connectivity index is 2.08. The van der Waals surface area contributed by atoms with E-state index >= 15 is 0 Å². The maximum absolute atomic E-state index is 9.45. The Hall–Kier alpha value is -1.96. The molecule has 0 amide bonds. The van der Waals surface area contributed by atoms with E-state index in [9.17, 15) is 5.11 Å². The van der Waals surface area contributed by atoms with Gasteiger partial charge in [0, 0.05) is 0 Å². The van der Waals surface area contributed by atoms with Gasteiger partial charge in [-0.2, -0.15) is 0 Å². The molecule has 0 aliphatic rings. The molecule has 0 aromatic heterocycles. The molecule has 0 aliphatic heterocycles. The molecule has 0 unspecified atom stereocenters. The molecule has 2 heteroatoms. The standard InChI is InChI=1S/C23H32O2/c1-4-7-18-25-22-14-10-20(11-15-22)23(5-2,6-3)17-16-19-8-12-21(24)13-9-19/h8-15,24H,4-7,16-18H2,1-3H3. The van der Waals surface area contributed by atoms with Crippen molar-refractivity contribution in [1.82, 2.24) is 0 Å². The molecule has 2 aromatic carbocycles. The van der Waals surface area contributed by atoms with E-state index < -0.39 is 0 Å². The van der Waals surface area contributed by atoms with Gasteiger partial charge < -0.3 is 9.84 Å². The first kappa shape index (κ1) is 19.4. The highest BCUT2D eigenvalue weighted by atomic mass is 16.5. The molecule has 0 heterocycles. The van der Waals surface area contributed by atoms with E-state index in [0.29, 0.717) is 5.75 Å². The molecular weight excluding hydrogens is 308 g/mol. The third-order valence-electron chi connectivity index (χ3n) is 5.42. The summed E-state index contributed by atoms with van der Waals surface area (Å²) < 4.78 is 5.80. The predicted molar refractivity (Wildman–Crippen MR) is 106 cm³/mol. The lowest BCUT2D eigenvalue weighted by atomic mass is 9.72. The number of phenols is 1. The average molecular weight is 341 g/mol. The van der Waals surface area contributed by atoms with Gasteiger partial charge in [0.2, 0.25) is 0 Å². The number of unbranched alkanes of at least 4 members (excludes halogenated alkanes) is 1. The first-order valence-electron chi connectivity index (χ1n) is 9.64. The summed E-state index contributed by atoms with van der Waals surface area (Å²) in [5.74, 6) is 1.30. The van der Waals surface area contributed by atoms with Crippen molar-refractivity contribution in [3.05, 3.63) is 59.7 Å². The Bertz CT molecular complexity index is 610. The van der Waals surface area contributed by atoms with Gasteiger partial charge in [0.25, 0.3) is 0 Å². The van der Waals surface area contributed by atoms with E-state index in [-0.39, 0.29) is 5.41 Å². The van der Waals surface area contributed by atoms with Gasteiger partial charge in [-0.05, 0) is 72.9 Å². The third-order valence-corrected chi connectivity index (χ3v) is 5.42. The van der Waals surface area contributed by atoms with Crippen molar-refractivity contribution < 1.29 is 9.84 Å². The van der Waals surface area contributed by atoms with Crippen LogP contribution in [0.4, 0.5) is 0 Å². The van der Waals surface area contributed by atoms with E-state index in [4.69, 9.17) is 4.74 Å². The van der Waals surface area contributed by atoms with E-state index in [1.807, 2.05) is 12.1 Å². The summed E-state index contributed by atoms with van der Waals surface area (Å²) in [6, 6.07) is 16.3. The zero-order chi connectivity index (χ0) is 18.1. The summed E-state index contributed by atoms with van der Waals surface area (Å²) in [5.41, 5.74) is 2.88. The van der Waals surface area contributed by atoms with E-state index in [0.717, 1.165) is 50.9 Å². The first-order chi connectivity index (χ1) is 12.1. The minimum absolute atomic E-state index is 0.194. The average Bonchev–Trinajstić information content (AvgIpc) is 2.65. The van der Waals surface area contributed by atoms with Crippen LogP contribution in [0, 0.1) is 0 Å². The van der Waals surface area contributed by atoms with Crippen molar-refractivity contribution in [3.63, 3.8) is 0 Å². The van der Waals surface area contributed by atoms with Crippen LogP contribution in [0.25, 0.3) is 0 Å². The van der Waals surface area contributed by atoms with Gasteiger partial charge in [0.1, 0.15) is 11.5 Å². The summed E-state index contributed by atoms with van der Waals surface area (Å²) in [6.45, 7) is 7.54. The second-order valence-corrected chi connectivity index (χ2v) is 6.88. The molecule has 0 aliphatic carbocycles. The number of hydrogen-bond donors (Lipinski definition) is 1. The fraction of sp³-hybridized carbons (Fsp3) is 0.478. The van der Waals surface area contributed by atoms with Gasteiger partial charge in [-0.1, -0.05) is 51.5 Å². The molecule has 0 saturated heterocycles. The third kappa shape index (κ3) is 5.26. The Morgan fingerprint density at radius 3 is 2.08 bits per heavy atom. The largest absolute Gasteiger partial charge is 0.508 e. The van der Waals surface area contributed by atoms with Crippen LogP contribution in [0.15, 0.2) is 48.5 Å². The van der Waals surface area contributed by atoms with Crippen molar-refractivity contribution >= 4 is 0 Å². The molecule has 25 heavy (non-hydrogen) atoms. The van der Waals surface area contributed by atoms with Crippen molar-refractivity contribution in [3.8, 4) is 11.5 Å². The highest BCUT2D eigenvalue weighted by Gasteiger charge is 2.28. The van der Waals surface area contributed by atoms with Crippen LogP contribution in [0.2, 0.25) is 0 Å². The molecule has 0 atom stereocenters. The van der Waals surface area contributed by atoms with Gasteiger partial charge in [-0.25, -0.2) is 0 Å². The lowest BCUT2D eigenvalue weighted by molar-refractivity contribution is 0.308. The fourth-order valence-corrected chi connectivity index (χ4v) is 3.44. The van der Waals surface area contributed by atoms with Gasteiger partial charge >= 0.3 is 0 Å². The summed E-state index contributed by atoms with van der Waals surface area (Å²) in [6.07, 6.45) is 6.64. The molecule has 2 aromatic rings. The fourth-order valence-electron chi connectivity index (χ4n) is 3.44. The van der Waals surface area contributed by atoms with Crippen molar-refractivity contribution in [2.45, 2.75) is 64.7 Å². The van der Waals surface area contributed by atoms with Crippen LogP contribution in [-0.2, 0) is 11.8 Å². The minimum Gasteiger partial charge on any atom is -0.508 e. The molecular formula is C23H32O2. The molecule has 0 bridgehead atoms. The maximum Gasteiger partial charge on any atom is 0.119 e. The Morgan fingerprint density at radius 1 is 0.880 bits per heavy atom. The molecule has 136 valence electrons. The van der Waals surface area contributed by atoms with Gasteiger partial charge in [0.05, 0.1) is 6.61 Å². The summed E-state index contributed by atoms with van der Waals surface area (Å²) >= 11 is 0. The molecule has 0 fully saturated rings. The van der Waals surface area contributed by atoms with Crippen molar-refractivity contribution in [2.24, 2.45) is 0 Å². The number of hydrogen-bond acceptors (Lipinski definition) is 2. The summed E-state index contributed by atoms with van der Waals surface area (Å²) in [7, 11) is 0. The lowest BCUT2D eigenvalue weighted by Crippen LogP contribution is -2.25. The lowest BCUT2D eigenvalue weighted by Gasteiger charge is -2.33. The number of phenolic OH excluding ortho intramolecular Hbond substituents is 1. The highest BCUT2D eigenvalue weighted by Crippen LogP contribution is 2.37. The highest BCUT2D eigenvalue weighted by molar-refractivity contribution is 5.33. The number of aromatic hydroxyl groups is 1. The zero-order valence-corrected chi connectivity index (χ0v) is 15.9. The predicted octanol–water partition coefficient (Wildman–Crippen LogP) is 6.26. The normalized spacial score (nSPS) is 11.5. The maximum atomic E-state index is 9.45. The second kappa shape index (κ2) is 9.50. The monoisotopic (exact) mass is 340 g/mol. The van der Waals surface area contributed by atoms with Crippen LogP contribution in [0.1, 0.15) is 64.0 Å².